The Labute approximate surface area is 153 Å². The molecule has 0 bridgehead atoms. The van der Waals surface area contributed by atoms with E-state index in [1.54, 1.807) is 59.0 Å². The quantitative estimate of drug-likeness (QED) is 0.791. The summed E-state index contributed by atoms with van der Waals surface area (Å²) in [5.74, 6) is -0.542. The number of amides is 3. The number of hydrogen-bond acceptors (Lipinski definition) is 4. The number of esters is 1. The Balaban J connectivity index is 2.36. The second-order valence-corrected chi connectivity index (χ2v) is 6.42. The van der Waals surface area contributed by atoms with Gasteiger partial charge in [0.2, 0.25) is 5.91 Å². The molecule has 1 aliphatic heterocycles. The summed E-state index contributed by atoms with van der Waals surface area (Å²) in [6.45, 7) is 7.05. The van der Waals surface area contributed by atoms with Crippen molar-refractivity contribution in [2.45, 2.75) is 46.3 Å². The molecule has 1 aliphatic rings. The van der Waals surface area contributed by atoms with Crippen LogP contribution in [-0.2, 0) is 14.3 Å². The van der Waals surface area contributed by atoms with Crippen molar-refractivity contribution in [3.8, 4) is 0 Å². The maximum absolute atomic E-state index is 12.6. The van der Waals surface area contributed by atoms with Crippen molar-refractivity contribution < 1.29 is 19.1 Å². The highest BCUT2D eigenvalue weighted by atomic mass is 16.5. The van der Waals surface area contributed by atoms with Gasteiger partial charge in [-0.25, -0.2) is 9.59 Å². The third-order valence-corrected chi connectivity index (χ3v) is 4.17. The topological polar surface area (TPSA) is 87.7 Å². The number of allylic oxidation sites excluding steroid dienone is 1. The molecule has 26 heavy (non-hydrogen) atoms. The van der Waals surface area contributed by atoms with Crippen LogP contribution in [0.1, 0.15) is 45.7 Å². The van der Waals surface area contributed by atoms with Crippen molar-refractivity contribution in [1.29, 1.82) is 0 Å². The smallest absolute Gasteiger partial charge is 0.338 e. The summed E-state index contributed by atoms with van der Waals surface area (Å²) >= 11 is 0. The van der Waals surface area contributed by atoms with Gasteiger partial charge in [-0.05, 0) is 38.5 Å². The number of urea groups is 1. The van der Waals surface area contributed by atoms with Gasteiger partial charge >= 0.3 is 12.0 Å². The molecule has 2 N–H and O–H groups in total. The molecule has 0 spiro atoms. The van der Waals surface area contributed by atoms with E-state index in [4.69, 9.17) is 4.74 Å². The monoisotopic (exact) mass is 359 g/mol. The van der Waals surface area contributed by atoms with E-state index in [0.717, 1.165) is 5.56 Å². The molecule has 1 aromatic rings. The summed E-state index contributed by atoms with van der Waals surface area (Å²) in [6, 6.07) is 6.13. The van der Waals surface area contributed by atoms with Crippen molar-refractivity contribution in [2.75, 3.05) is 12.4 Å². The minimum Gasteiger partial charge on any atom is -0.459 e. The van der Waals surface area contributed by atoms with Gasteiger partial charge in [0.05, 0.1) is 17.7 Å². The molecule has 140 valence electrons. The molecule has 1 atom stereocenters. The van der Waals surface area contributed by atoms with Gasteiger partial charge in [-0.3, -0.25) is 4.79 Å². The molecule has 0 aliphatic carbocycles. The molecule has 0 fully saturated rings. The van der Waals surface area contributed by atoms with Gasteiger partial charge in [-0.1, -0.05) is 19.1 Å². The summed E-state index contributed by atoms with van der Waals surface area (Å²) in [6.07, 6.45) is 0.123. The molecule has 0 aromatic heterocycles. The standard InChI is InChI=1S/C19H25N3O4/c1-6-15(23)20-14-9-7-13(8-10-14)17-16(18(24)26-11(2)3)12(4)22(5)19(25)21-17/h7-11,17H,6H2,1-5H3,(H,20,23)(H,21,25)/t17-/m0/s1. The van der Waals surface area contributed by atoms with Gasteiger partial charge in [0.1, 0.15) is 0 Å². The Bertz CT molecular complexity index is 738. The first-order valence-corrected chi connectivity index (χ1v) is 8.60. The maximum atomic E-state index is 12.6. The average Bonchev–Trinajstić information content (AvgIpc) is 2.59. The molecule has 2 rings (SSSR count). The van der Waals surface area contributed by atoms with Gasteiger partial charge in [0, 0.05) is 24.9 Å². The van der Waals surface area contributed by atoms with E-state index in [1.165, 1.54) is 4.90 Å². The number of hydrogen-bond donors (Lipinski definition) is 2. The van der Waals surface area contributed by atoms with E-state index in [0.29, 0.717) is 23.4 Å². The van der Waals surface area contributed by atoms with Crippen molar-refractivity contribution in [1.82, 2.24) is 10.2 Å². The van der Waals surface area contributed by atoms with Crippen molar-refractivity contribution in [3.63, 3.8) is 0 Å². The zero-order valence-electron chi connectivity index (χ0n) is 15.8. The van der Waals surface area contributed by atoms with Crippen LogP contribution in [0, 0.1) is 0 Å². The number of nitrogens with zero attached hydrogens (tertiary/aromatic N) is 1. The summed E-state index contributed by atoms with van der Waals surface area (Å²) < 4.78 is 5.35. The lowest BCUT2D eigenvalue weighted by molar-refractivity contribution is -0.143. The molecular formula is C19H25N3O4. The van der Waals surface area contributed by atoms with E-state index in [-0.39, 0.29) is 18.0 Å². The van der Waals surface area contributed by atoms with Crippen LogP contribution in [0.3, 0.4) is 0 Å². The van der Waals surface area contributed by atoms with Crippen molar-refractivity contribution in [3.05, 3.63) is 41.1 Å². The average molecular weight is 359 g/mol. The highest BCUT2D eigenvalue weighted by Crippen LogP contribution is 2.31. The molecule has 0 unspecified atom stereocenters. The molecule has 7 heteroatoms. The Hall–Kier alpha value is -2.83. The number of benzene rings is 1. The van der Waals surface area contributed by atoms with Crippen LogP contribution in [0.5, 0.6) is 0 Å². The number of rotatable bonds is 5. The molecule has 1 heterocycles. The van der Waals surface area contributed by atoms with E-state index < -0.39 is 12.0 Å². The number of carbonyl (C=O) groups excluding carboxylic acids is 3. The minimum absolute atomic E-state index is 0.0812. The molecule has 0 saturated heterocycles. The predicted molar refractivity (Wildman–Crippen MR) is 98.3 cm³/mol. The third kappa shape index (κ3) is 4.22. The van der Waals surface area contributed by atoms with Gasteiger partial charge in [-0.2, -0.15) is 0 Å². The van der Waals surface area contributed by atoms with Gasteiger partial charge in [0.15, 0.2) is 0 Å². The lowest BCUT2D eigenvalue weighted by Gasteiger charge is -2.33. The van der Waals surface area contributed by atoms with E-state index >= 15 is 0 Å². The Morgan fingerprint density at radius 1 is 1.27 bits per heavy atom. The van der Waals surface area contributed by atoms with Crippen molar-refractivity contribution >= 4 is 23.6 Å². The zero-order valence-corrected chi connectivity index (χ0v) is 15.8. The zero-order chi connectivity index (χ0) is 19.4. The first-order valence-electron chi connectivity index (χ1n) is 8.60. The Morgan fingerprint density at radius 3 is 2.42 bits per heavy atom. The fraction of sp³-hybridized carbons (Fsp3) is 0.421. The number of carbonyl (C=O) groups is 3. The van der Waals surface area contributed by atoms with Crippen LogP contribution in [0.2, 0.25) is 0 Å². The van der Waals surface area contributed by atoms with E-state index in [1.807, 2.05) is 0 Å². The van der Waals surface area contributed by atoms with Gasteiger partial charge < -0.3 is 20.3 Å². The van der Waals surface area contributed by atoms with Crippen LogP contribution in [0.15, 0.2) is 35.5 Å². The number of anilines is 1. The molecule has 7 nitrogen and oxygen atoms in total. The molecule has 0 saturated carbocycles. The van der Waals surface area contributed by atoms with Gasteiger partial charge in [0.25, 0.3) is 0 Å². The maximum Gasteiger partial charge on any atom is 0.338 e. The molecule has 1 aromatic carbocycles. The fourth-order valence-electron chi connectivity index (χ4n) is 2.64. The SMILES string of the molecule is CCC(=O)Nc1ccc([C@@H]2NC(=O)N(C)C(C)=C2C(=O)OC(C)C)cc1. The first kappa shape index (κ1) is 19.5. The minimum atomic E-state index is -0.610. The lowest BCUT2D eigenvalue weighted by atomic mass is 9.95. The van der Waals surface area contributed by atoms with Crippen LogP contribution in [0.4, 0.5) is 10.5 Å². The van der Waals surface area contributed by atoms with E-state index in [9.17, 15) is 14.4 Å². The van der Waals surface area contributed by atoms with Crippen LogP contribution in [-0.4, -0.2) is 36.0 Å². The lowest BCUT2D eigenvalue weighted by Crippen LogP contribution is -2.46. The third-order valence-electron chi connectivity index (χ3n) is 4.17. The van der Waals surface area contributed by atoms with E-state index in [2.05, 4.69) is 10.6 Å². The van der Waals surface area contributed by atoms with Gasteiger partial charge in [-0.15, -0.1) is 0 Å². The highest BCUT2D eigenvalue weighted by molar-refractivity contribution is 5.95. The van der Waals surface area contributed by atoms with Crippen LogP contribution in [0.25, 0.3) is 0 Å². The van der Waals surface area contributed by atoms with Crippen molar-refractivity contribution in [2.24, 2.45) is 0 Å². The fourth-order valence-corrected chi connectivity index (χ4v) is 2.64. The molecule has 3 amide bonds. The summed E-state index contributed by atoms with van der Waals surface area (Å²) in [5, 5.41) is 5.60. The molecular weight excluding hydrogens is 334 g/mol. The first-order chi connectivity index (χ1) is 12.2. The van der Waals surface area contributed by atoms with Crippen LogP contribution < -0.4 is 10.6 Å². The highest BCUT2D eigenvalue weighted by Gasteiger charge is 2.35. The van der Waals surface area contributed by atoms with Crippen LogP contribution >= 0.6 is 0 Å². The Kier molecular flexibility index (Phi) is 6.02. The second-order valence-electron chi connectivity index (χ2n) is 6.42. The summed E-state index contributed by atoms with van der Waals surface area (Å²) in [5.41, 5.74) is 2.33. The Morgan fingerprint density at radius 2 is 1.88 bits per heavy atom. The summed E-state index contributed by atoms with van der Waals surface area (Å²) in [4.78, 5) is 37.7. The largest absolute Gasteiger partial charge is 0.459 e. The normalized spacial score (nSPS) is 17.2. The number of ether oxygens (including phenoxy) is 1. The summed E-state index contributed by atoms with van der Waals surface area (Å²) in [7, 11) is 1.60. The predicted octanol–water partition coefficient (Wildman–Crippen LogP) is 2.96. The second kappa shape index (κ2) is 8.03. The molecule has 0 radical (unpaired) electrons. The number of nitrogens with one attached hydrogen (secondary N) is 2.